The highest BCUT2D eigenvalue weighted by atomic mass is 16.5. The summed E-state index contributed by atoms with van der Waals surface area (Å²) in [5, 5.41) is 10.4. The number of ether oxygens (including phenoxy) is 3. The highest BCUT2D eigenvalue weighted by Gasteiger charge is 2.29. The molecule has 2 amide bonds. The van der Waals surface area contributed by atoms with Crippen LogP contribution in [0.25, 0.3) is 11.3 Å². The van der Waals surface area contributed by atoms with Gasteiger partial charge >= 0.3 is 5.97 Å². The Labute approximate surface area is 259 Å². The summed E-state index contributed by atoms with van der Waals surface area (Å²) in [6.07, 6.45) is 4.14. The lowest BCUT2D eigenvalue weighted by molar-refractivity contribution is -0.141. The van der Waals surface area contributed by atoms with Crippen LogP contribution in [0.1, 0.15) is 75.0 Å². The summed E-state index contributed by atoms with van der Waals surface area (Å²) >= 11 is 0. The number of nitrogens with one attached hydrogen (secondary N) is 2. The van der Waals surface area contributed by atoms with Crippen LogP contribution in [0.5, 0.6) is 11.5 Å². The van der Waals surface area contributed by atoms with Crippen molar-refractivity contribution in [3.63, 3.8) is 0 Å². The number of esters is 1. The Hall–Kier alpha value is -4.34. The van der Waals surface area contributed by atoms with Crippen LogP contribution in [-0.4, -0.2) is 54.4 Å². The SMILES string of the molecule is COC(=O)CNC(=O)CC(NC(=O)c1cc(-c2c(OC)cccc2OCc2ccccc2)n(C2CCCC(C)C2)n1)C(C)C. The van der Waals surface area contributed by atoms with Crippen molar-refractivity contribution in [2.24, 2.45) is 11.8 Å². The zero-order chi connectivity index (χ0) is 31.6. The van der Waals surface area contributed by atoms with Gasteiger partial charge in [0, 0.05) is 12.5 Å². The molecule has 10 heteroatoms. The molecular weight excluding hydrogens is 560 g/mol. The van der Waals surface area contributed by atoms with Gasteiger partial charge in [0.2, 0.25) is 5.91 Å². The van der Waals surface area contributed by atoms with Crippen LogP contribution in [0.4, 0.5) is 0 Å². The first-order valence-corrected chi connectivity index (χ1v) is 15.3. The number of aromatic nitrogens is 2. The van der Waals surface area contributed by atoms with Gasteiger partial charge in [-0.2, -0.15) is 5.10 Å². The normalized spacial score (nSPS) is 17.0. The van der Waals surface area contributed by atoms with Crippen molar-refractivity contribution in [2.45, 2.75) is 71.6 Å². The smallest absolute Gasteiger partial charge is 0.325 e. The number of nitrogens with zero attached hydrogens (tertiary/aromatic N) is 2. The van der Waals surface area contributed by atoms with Gasteiger partial charge in [-0.05, 0) is 48.4 Å². The summed E-state index contributed by atoms with van der Waals surface area (Å²) in [6, 6.07) is 17.0. The highest BCUT2D eigenvalue weighted by Crippen LogP contribution is 2.42. The standard InChI is InChI=1S/C34H44N4O6/c1-22(2)26(19-31(39)35-20-32(40)43-5)36-34(41)27-18-28(38(37-27)25-14-9-11-23(3)17-25)33-29(42-4)15-10-16-30(33)44-21-24-12-7-6-8-13-24/h6-8,10,12-13,15-16,18,22-23,25-26H,9,11,14,17,19-21H2,1-5H3,(H,35,39)(H,36,41). The number of hydrogen-bond acceptors (Lipinski definition) is 7. The molecule has 1 aliphatic carbocycles. The molecule has 44 heavy (non-hydrogen) atoms. The van der Waals surface area contributed by atoms with Gasteiger partial charge in [0.05, 0.1) is 31.5 Å². The summed E-state index contributed by atoms with van der Waals surface area (Å²) in [5.41, 5.74) is 2.76. The molecule has 0 radical (unpaired) electrons. The third-order valence-corrected chi connectivity index (χ3v) is 8.11. The monoisotopic (exact) mass is 604 g/mol. The third kappa shape index (κ3) is 8.39. The number of hydrogen-bond donors (Lipinski definition) is 2. The maximum absolute atomic E-state index is 13.7. The number of carbonyl (C=O) groups excluding carboxylic acids is 3. The molecule has 10 nitrogen and oxygen atoms in total. The minimum Gasteiger partial charge on any atom is -0.496 e. The van der Waals surface area contributed by atoms with E-state index in [1.165, 1.54) is 7.11 Å². The first kappa shape index (κ1) is 32.6. The fraction of sp³-hybridized carbons (Fsp3) is 0.471. The Balaban J connectivity index is 1.66. The number of benzene rings is 2. The summed E-state index contributed by atoms with van der Waals surface area (Å²) in [4.78, 5) is 37.7. The van der Waals surface area contributed by atoms with E-state index in [0.717, 1.165) is 42.5 Å². The predicted octanol–water partition coefficient (Wildman–Crippen LogP) is 5.32. The molecule has 0 aliphatic heterocycles. The van der Waals surface area contributed by atoms with Gasteiger partial charge in [-0.1, -0.05) is 70.0 Å². The van der Waals surface area contributed by atoms with Gasteiger partial charge < -0.3 is 24.8 Å². The second-order valence-corrected chi connectivity index (χ2v) is 11.8. The quantitative estimate of drug-likeness (QED) is 0.253. The molecule has 2 aromatic carbocycles. The molecule has 1 fully saturated rings. The minimum atomic E-state index is -0.540. The average Bonchev–Trinajstić information content (AvgIpc) is 3.47. The lowest BCUT2D eigenvalue weighted by Gasteiger charge is -2.29. The highest BCUT2D eigenvalue weighted by molar-refractivity contribution is 5.94. The van der Waals surface area contributed by atoms with E-state index in [0.29, 0.717) is 24.0 Å². The van der Waals surface area contributed by atoms with Crippen LogP contribution in [0.2, 0.25) is 0 Å². The Kier molecular flexibility index (Phi) is 11.4. The maximum atomic E-state index is 13.7. The molecule has 1 aliphatic rings. The van der Waals surface area contributed by atoms with Crippen molar-refractivity contribution in [3.8, 4) is 22.8 Å². The third-order valence-electron chi connectivity index (χ3n) is 8.11. The zero-order valence-corrected chi connectivity index (χ0v) is 26.3. The van der Waals surface area contributed by atoms with Crippen molar-refractivity contribution in [1.29, 1.82) is 0 Å². The number of rotatable bonds is 13. The molecule has 4 rings (SSSR count). The van der Waals surface area contributed by atoms with E-state index in [1.54, 1.807) is 13.2 Å². The summed E-state index contributed by atoms with van der Waals surface area (Å²) in [7, 11) is 2.88. The zero-order valence-electron chi connectivity index (χ0n) is 26.3. The molecule has 0 saturated heterocycles. The topological polar surface area (TPSA) is 121 Å². The Bertz CT molecular complexity index is 1420. The van der Waals surface area contributed by atoms with E-state index in [9.17, 15) is 14.4 Å². The first-order valence-electron chi connectivity index (χ1n) is 15.3. The van der Waals surface area contributed by atoms with Crippen LogP contribution >= 0.6 is 0 Å². The van der Waals surface area contributed by atoms with E-state index in [-0.39, 0.29) is 42.4 Å². The van der Waals surface area contributed by atoms with E-state index >= 15 is 0 Å². The molecule has 236 valence electrons. The van der Waals surface area contributed by atoms with Crippen molar-refractivity contribution in [1.82, 2.24) is 20.4 Å². The van der Waals surface area contributed by atoms with E-state index in [2.05, 4.69) is 22.3 Å². The van der Waals surface area contributed by atoms with Gasteiger partial charge in [0.1, 0.15) is 24.7 Å². The predicted molar refractivity (Wildman–Crippen MR) is 167 cm³/mol. The van der Waals surface area contributed by atoms with Crippen LogP contribution in [0, 0.1) is 11.8 Å². The second kappa shape index (κ2) is 15.4. The molecule has 1 heterocycles. The molecule has 1 saturated carbocycles. The van der Waals surface area contributed by atoms with Crippen molar-refractivity contribution in [2.75, 3.05) is 20.8 Å². The van der Waals surface area contributed by atoms with Crippen molar-refractivity contribution >= 4 is 17.8 Å². The van der Waals surface area contributed by atoms with Crippen molar-refractivity contribution in [3.05, 3.63) is 65.9 Å². The molecular formula is C34H44N4O6. The molecule has 2 N–H and O–H groups in total. The Morgan fingerprint density at radius 1 is 1.02 bits per heavy atom. The lowest BCUT2D eigenvalue weighted by Crippen LogP contribution is -2.43. The van der Waals surface area contributed by atoms with Gasteiger partial charge in [-0.3, -0.25) is 19.1 Å². The summed E-state index contributed by atoms with van der Waals surface area (Å²) in [6.45, 7) is 6.25. The number of amides is 2. The minimum absolute atomic E-state index is 0.0120. The maximum Gasteiger partial charge on any atom is 0.325 e. The fourth-order valence-corrected chi connectivity index (χ4v) is 5.59. The van der Waals surface area contributed by atoms with Gasteiger partial charge in [-0.15, -0.1) is 0 Å². The van der Waals surface area contributed by atoms with Gasteiger partial charge in [0.25, 0.3) is 5.91 Å². The average molecular weight is 605 g/mol. The van der Waals surface area contributed by atoms with Crippen LogP contribution in [0.15, 0.2) is 54.6 Å². The molecule has 3 aromatic rings. The lowest BCUT2D eigenvalue weighted by atomic mass is 9.87. The molecule has 3 unspecified atom stereocenters. The Morgan fingerprint density at radius 2 is 1.77 bits per heavy atom. The summed E-state index contributed by atoms with van der Waals surface area (Å²) in [5.74, 6) is 0.463. The van der Waals surface area contributed by atoms with E-state index in [4.69, 9.17) is 14.6 Å². The second-order valence-electron chi connectivity index (χ2n) is 11.8. The van der Waals surface area contributed by atoms with Crippen LogP contribution in [-0.2, 0) is 20.9 Å². The fourth-order valence-electron chi connectivity index (χ4n) is 5.59. The number of carbonyl (C=O) groups is 3. The molecule has 0 bridgehead atoms. The first-order chi connectivity index (χ1) is 21.2. The molecule has 1 aromatic heterocycles. The van der Waals surface area contributed by atoms with E-state index < -0.39 is 12.0 Å². The van der Waals surface area contributed by atoms with Crippen LogP contribution < -0.4 is 20.1 Å². The summed E-state index contributed by atoms with van der Waals surface area (Å²) < 4.78 is 18.7. The van der Waals surface area contributed by atoms with Gasteiger partial charge in [0.15, 0.2) is 5.69 Å². The molecule has 3 atom stereocenters. The van der Waals surface area contributed by atoms with Crippen LogP contribution in [0.3, 0.4) is 0 Å². The van der Waals surface area contributed by atoms with Crippen molar-refractivity contribution < 1.29 is 28.6 Å². The van der Waals surface area contributed by atoms with E-state index in [1.807, 2.05) is 67.1 Å². The molecule has 0 spiro atoms. The number of methoxy groups -OCH3 is 2. The Morgan fingerprint density at radius 3 is 2.45 bits per heavy atom. The van der Waals surface area contributed by atoms with Gasteiger partial charge in [-0.25, -0.2) is 0 Å². The largest absolute Gasteiger partial charge is 0.496 e.